The Labute approximate surface area is 131 Å². The molecule has 1 aromatic carbocycles. The number of nitrogens with one attached hydrogen (secondary N) is 1. The van der Waals surface area contributed by atoms with Crippen LogP contribution in [0, 0.1) is 0 Å². The summed E-state index contributed by atoms with van der Waals surface area (Å²) in [4.78, 5) is 16.0. The second-order valence-corrected chi connectivity index (χ2v) is 5.26. The first-order valence-corrected chi connectivity index (χ1v) is 7.17. The maximum atomic E-state index is 12.1. The number of aliphatic hydroxyl groups is 2. The number of hydrogen-bond donors (Lipinski definition) is 4. The van der Waals surface area contributed by atoms with E-state index in [1.807, 2.05) is 0 Å². The predicted octanol–water partition coefficient (Wildman–Crippen LogP) is 0.333. The van der Waals surface area contributed by atoms with Gasteiger partial charge in [0.25, 0.3) is 0 Å². The Morgan fingerprint density at radius 1 is 1.35 bits per heavy atom. The largest absolute Gasteiger partial charge is 0.506 e. The molecule has 0 bridgehead atoms. The zero-order chi connectivity index (χ0) is 16.4. The lowest BCUT2D eigenvalue weighted by Crippen LogP contribution is -2.27. The predicted molar refractivity (Wildman–Crippen MR) is 81.5 cm³/mol. The van der Waals surface area contributed by atoms with Crippen LogP contribution in [0.3, 0.4) is 0 Å². The highest BCUT2D eigenvalue weighted by atomic mass is 16.5. The molecule has 2 aromatic rings. The van der Waals surface area contributed by atoms with E-state index in [0.717, 1.165) is 0 Å². The Morgan fingerprint density at radius 2 is 2.13 bits per heavy atom. The first kappa shape index (κ1) is 15.5. The molecule has 8 heteroatoms. The molecule has 23 heavy (non-hydrogen) atoms. The lowest BCUT2D eigenvalue weighted by atomic mass is 10.2. The Kier molecular flexibility index (Phi) is 4.28. The fourth-order valence-corrected chi connectivity index (χ4v) is 2.47. The summed E-state index contributed by atoms with van der Waals surface area (Å²) >= 11 is 0. The van der Waals surface area contributed by atoms with Crippen LogP contribution in [0.4, 0.5) is 11.5 Å². The Balaban J connectivity index is 1.79. The summed E-state index contributed by atoms with van der Waals surface area (Å²) in [6.45, 7) is -0.313. The van der Waals surface area contributed by atoms with Crippen LogP contribution in [0.15, 0.2) is 41.3 Å². The molecule has 0 radical (unpaired) electrons. The quantitative estimate of drug-likeness (QED) is 0.600. The van der Waals surface area contributed by atoms with Gasteiger partial charge >= 0.3 is 5.69 Å². The molecule has 2 heterocycles. The molecule has 3 rings (SSSR count). The Hall–Kier alpha value is -2.42. The number of benzene rings is 1. The van der Waals surface area contributed by atoms with Gasteiger partial charge in [-0.05, 0) is 18.2 Å². The fourth-order valence-electron chi connectivity index (χ4n) is 2.47. The summed E-state index contributed by atoms with van der Waals surface area (Å²) in [7, 11) is 0. The van der Waals surface area contributed by atoms with E-state index in [0.29, 0.717) is 5.69 Å². The van der Waals surface area contributed by atoms with Gasteiger partial charge < -0.3 is 25.4 Å². The van der Waals surface area contributed by atoms with E-state index in [2.05, 4.69) is 10.3 Å². The molecule has 0 aliphatic carbocycles. The summed E-state index contributed by atoms with van der Waals surface area (Å²) < 4.78 is 6.69. The minimum atomic E-state index is -0.823. The van der Waals surface area contributed by atoms with E-state index in [9.17, 15) is 15.0 Å². The average Bonchev–Trinajstić information content (AvgIpc) is 2.90. The molecule has 1 saturated heterocycles. The summed E-state index contributed by atoms with van der Waals surface area (Å²) in [6.07, 6.45) is -0.489. The highest BCUT2D eigenvalue weighted by molar-refractivity contribution is 5.62. The van der Waals surface area contributed by atoms with Crippen molar-refractivity contribution in [3.8, 4) is 5.75 Å². The molecular formula is C15H17N3O5. The molecule has 1 aliphatic rings. The number of aromatic nitrogens is 2. The van der Waals surface area contributed by atoms with Crippen molar-refractivity contribution in [2.45, 2.75) is 24.9 Å². The molecule has 1 aliphatic heterocycles. The highest BCUT2D eigenvalue weighted by Gasteiger charge is 2.34. The van der Waals surface area contributed by atoms with E-state index in [-0.39, 0.29) is 24.6 Å². The van der Waals surface area contributed by atoms with E-state index < -0.39 is 24.1 Å². The topological polar surface area (TPSA) is 117 Å². The fraction of sp³-hybridized carbons (Fsp3) is 0.333. The monoisotopic (exact) mass is 319 g/mol. The number of nitrogens with zero attached hydrogens (tertiary/aromatic N) is 2. The first-order chi connectivity index (χ1) is 11.1. The van der Waals surface area contributed by atoms with Gasteiger partial charge in [0.15, 0.2) is 0 Å². The van der Waals surface area contributed by atoms with Crippen LogP contribution in [0.1, 0.15) is 12.6 Å². The van der Waals surface area contributed by atoms with Gasteiger partial charge in [-0.2, -0.15) is 4.98 Å². The zero-order valence-corrected chi connectivity index (χ0v) is 12.2. The number of rotatable bonds is 4. The zero-order valence-electron chi connectivity index (χ0n) is 12.2. The number of aliphatic hydroxyl groups excluding tert-OH is 2. The van der Waals surface area contributed by atoms with Crippen molar-refractivity contribution in [1.82, 2.24) is 9.55 Å². The van der Waals surface area contributed by atoms with Crippen molar-refractivity contribution in [2.75, 3.05) is 11.9 Å². The molecule has 0 spiro atoms. The van der Waals surface area contributed by atoms with Crippen molar-refractivity contribution in [2.24, 2.45) is 0 Å². The average molecular weight is 319 g/mol. The van der Waals surface area contributed by atoms with Crippen LogP contribution < -0.4 is 11.0 Å². The molecule has 4 N–H and O–H groups in total. The number of hydrogen-bond acceptors (Lipinski definition) is 7. The van der Waals surface area contributed by atoms with Crippen LogP contribution in [-0.2, 0) is 4.74 Å². The summed E-state index contributed by atoms with van der Waals surface area (Å²) in [5.74, 6) is 0.330. The number of phenolic OH excluding ortho intramolecular Hbond substituents is 1. The summed E-state index contributed by atoms with van der Waals surface area (Å²) in [6, 6.07) is 8.17. The second-order valence-electron chi connectivity index (χ2n) is 5.26. The summed E-state index contributed by atoms with van der Waals surface area (Å²) in [5.41, 5.74) is -0.119. The van der Waals surface area contributed by atoms with Crippen LogP contribution in [0.2, 0.25) is 0 Å². The maximum absolute atomic E-state index is 12.1. The van der Waals surface area contributed by atoms with Gasteiger partial charge in [-0.1, -0.05) is 12.1 Å². The van der Waals surface area contributed by atoms with Crippen molar-refractivity contribution >= 4 is 11.5 Å². The molecule has 122 valence electrons. The maximum Gasteiger partial charge on any atom is 0.351 e. The van der Waals surface area contributed by atoms with E-state index in [1.54, 1.807) is 24.3 Å². The number of phenols is 1. The molecule has 0 amide bonds. The second kappa shape index (κ2) is 6.37. The van der Waals surface area contributed by atoms with E-state index >= 15 is 0 Å². The highest BCUT2D eigenvalue weighted by Crippen LogP contribution is 2.28. The number of ether oxygens (including phenoxy) is 1. The van der Waals surface area contributed by atoms with Gasteiger partial charge in [-0.25, -0.2) is 4.79 Å². The lowest BCUT2D eigenvalue weighted by molar-refractivity contribution is -0.0458. The van der Waals surface area contributed by atoms with E-state index in [1.165, 1.54) is 16.8 Å². The van der Waals surface area contributed by atoms with Gasteiger partial charge in [-0.3, -0.25) is 4.57 Å². The third-order valence-electron chi connectivity index (χ3n) is 3.69. The van der Waals surface area contributed by atoms with Gasteiger partial charge in [0.2, 0.25) is 0 Å². The molecule has 1 fully saturated rings. The standard InChI is InChI=1S/C15H17N3O5/c19-8-12-11(21)7-14(23-12)18-6-5-13(17-15(18)22)16-9-3-1-2-4-10(9)20/h1-6,11-12,14,19-21H,7-8H2,(H,16,17,22)/t11-,12-,14-/m1/s1. The van der Waals surface area contributed by atoms with Crippen LogP contribution in [-0.4, -0.2) is 43.7 Å². The van der Waals surface area contributed by atoms with Crippen molar-refractivity contribution < 1.29 is 20.1 Å². The minimum absolute atomic E-state index is 0.0477. The number of para-hydroxylation sites is 2. The van der Waals surface area contributed by atoms with Gasteiger partial charge in [0, 0.05) is 12.6 Å². The molecule has 1 aromatic heterocycles. The molecule has 8 nitrogen and oxygen atoms in total. The van der Waals surface area contributed by atoms with Crippen molar-refractivity contribution in [1.29, 1.82) is 0 Å². The SMILES string of the molecule is O=c1nc(Nc2ccccc2O)ccn1[C@H]1C[C@@H](O)[C@@H](CO)O1. The summed E-state index contributed by atoms with van der Waals surface area (Å²) in [5, 5.41) is 31.4. The van der Waals surface area contributed by atoms with Crippen LogP contribution in [0.25, 0.3) is 0 Å². The normalized spacial score (nSPS) is 23.8. The third kappa shape index (κ3) is 3.19. The molecule has 0 unspecified atom stereocenters. The van der Waals surface area contributed by atoms with E-state index in [4.69, 9.17) is 9.84 Å². The van der Waals surface area contributed by atoms with Crippen molar-refractivity contribution in [3.63, 3.8) is 0 Å². The lowest BCUT2D eigenvalue weighted by Gasteiger charge is -2.15. The Bertz CT molecular complexity index is 748. The van der Waals surface area contributed by atoms with Gasteiger partial charge in [0.1, 0.15) is 23.9 Å². The number of aromatic hydroxyl groups is 1. The van der Waals surface area contributed by atoms with Gasteiger partial charge in [0.05, 0.1) is 18.4 Å². The van der Waals surface area contributed by atoms with Crippen molar-refractivity contribution in [3.05, 3.63) is 47.0 Å². The number of anilines is 2. The molecule has 0 saturated carbocycles. The third-order valence-corrected chi connectivity index (χ3v) is 3.69. The Morgan fingerprint density at radius 3 is 2.78 bits per heavy atom. The minimum Gasteiger partial charge on any atom is -0.506 e. The van der Waals surface area contributed by atoms with Gasteiger partial charge in [-0.15, -0.1) is 0 Å². The molecular weight excluding hydrogens is 302 g/mol. The first-order valence-electron chi connectivity index (χ1n) is 7.17. The molecule has 3 atom stereocenters. The van der Waals surface area contributed by atoms with Crippen LogP contribution >= 0.6 is 0 Å². The smallest absolute Gasteiger partial charge is 0.351 e. The van der Waals surface area contributed by atoms with Crippen LogP contribution in [0.5, 0.6) is 5.75 Å².